The summed E-state index contributed by atoms with van der Waals surface area (Å²) in [5.41, 5.74) is 5.55. The number of hydrogen-bond acceptors (Lipinski definition) is 8. The minimum absolute atomic E-state index is 0.256. The highest BCUT2D eigenvalue weighted by molar-refractivity contribution is 5.93. The average molecular weight is 488 g/mol. The number of nitrogens with zero attached hydrogens (tertiary/aromatic N) is 5. The van der Waals surface area contributed by atoms with Gasteiger partial charge in [-0.1, -0.05) is 6.07 Å². The van der Waals surface area contributed by atoms with Crippen LogP contribution in [-0.2, 0) is 22.6 Å². The van der Waals surface area contributed by atoms with Crippen LogP contribution >= 0.6 is 0 Å². The maximum atomic E-state index is 11.9. The molecule has 2 aliphatic rings. The van der Waals surface area contributed by atoms with E-state index >= 15 is 0 Å². The largest absolute Gasteiger partial charge is 0.457 e. The Morgan fingerprint density at radius 1 is 1.33 bits per heavy atom. The summed E-state index contributed by atoms with van der Waals surface area (Å²) in [7, 11) is 0. The lowest BCUT2D eigenvalue weighted by Gasteiger charge is -2.28. The fraction of sp³-hybridized carbons (Fsp3) is 0.407. The predicted octanol–water partition coefficient (Wildman–Crippen LogP) is 3.00. The fourth-order valence-electron chi connectivity index (χ4n) is 4.98. The quantitative estimate of drug-likeness (QED) is 0.483. The van der Waals surface area contributed by atoms with Crippen molar-refractivity contribution in [3.63, 3.8) is 0 Å². The SMILES string of the molecule is Cc1cc(-n2cc(CN(CC3CCOC3)C[C@H](O)c3ccc4c(c3C)COC4=O)cn2)ncc1C#N. The Kier molecular flexibility index (Phi) is 6.83. The van der Waals surface area contributed by atoms with Gasteiger partial charge in [0, 0.05) is 49.8 Å². The zero-order chi connectivity index (χ0) is 25.2. The monoisotopic (exact) mass is 487 g/mol. The molecule has 9 nitrogen and oxygen atoms in total. The Bertz CT molecular complexity index is 1320. The zero-order valence-corrected chi connectivity index (χ0v) is 20.5. The van der Waals surface area contributed by atoms with Crippen LogP contribution in [0.2, 0.25) is 0 Å². The number of esters is 1. The van der Waals surface area contributed by atoms with Gasteiger partial charge in [0.05, 0.1) is 30.0 Å². The van der Waals surface area contributed by atoms with Crippen molar-refractivity contribution in [3.05, 3.63) is 75.7 Å². The van der Waals surface area contributed by atoms with Crippen LogP contribution in [-0.4, -0.2) is 57.0 Å². The van der Waals surface area contributed by atoms with Gasteiger partial charge in [-0.05, 0) is 55.0 Å². The van der Waals surface area contributed by atoms with Gasteiger partial charge >= 0.3 is 5.97 Å². The molecule has 1 N–H and O–H groups in total. The third-order valence-corrected chi connectivity index (χ3v) is 7.03. The Balaban J connectivity index is 1.34. The van der Waals surface area contributed by atoms with Gasteiger partial charge < -0.3 is 14.6 Å². The van der Waals surface area contributed by atoms with Crippen LogP contribution in [0.1, 0.15) is 56.3 Å². The molecule has 0 aliphatic carbocycles. The van der Waals surface area contributed by atoms with Gasteiger partial charge in [-0.2, -0.15) is 10.4 Å². The van der Waals surface area contributed by atoms with E-state index < -0.39 is 6.10 Å². The summed E-state index contributed by atoms with van der Waals surface area (Å²) >= 11 is 0. The van der Waals surface area contributed by atoms with Crippen molar-refractivity contribution in [3.8, 4) is 11.9 Å². The molecule has 3 aromatic rings. The van der Waals surface area contributed by atoms with Crippen molar-refractivity contribution >= 4 is 5.97 Å². The summed E-state index contributed by atoms with van der Waals surface area (Å²) in [6.07, 6.45) is 5.58. The van der Waals surface area contributed by atoms with Crippen molar-refractivity contribution in [2.45, 2.75) is 39.5 Å². The molecule has 0 saturated carbocycles. The molecule has 1 unspecified atom stereocenters. The number of pyridine rings is 1. The molecular weight excluding hydrogens is 458 g/mol. The molecule has 9 heteroatoms. The smallest absolute Gasteiger partial charge is 0.338 e. The maximum Gasteiger partial charge on any atom is 0.338 e. The van der Waals surface area contributed by atoms with Gasteiger partial charge in [-0.3, -0.25) is 4.90 Å². The number of carbonyl (C=O) groups is 1. The van der Waals surface area contributed by atoms with Crippen LogP contribution in [0.5, 0.6) is 0 Å². The third kappa shape index (κ3) is 4.88. The van der Waals surface area contributed by atoms with E-state index in [1.807, 2.05) is 38.4 Å². The molecule has 36 heavy (non-hydrogen) atoms. The molecule has 4 heterocycles. The lowest BCUT2D eigenvalue weighted by atomic mass is 9.95. The highest BCUT2D eigenvalue weighted by atomic mass is 16.5. The Hall–Kier alpha value is -3.58. The Morgan fingerprint density at radius 3 is 2.94 bits per heavy atom. The number of fused-ring (bicyclic) bond motifs is 1. The van der Waals surface area contributed by atoms with Crippen LogP contribution in [0.4, 0.5) is 0 Å². The number of rotatable bonds is 8. The van der Waals surface area contributed by atoms with Crippen molar-refractivity contribution in [1.82, 2.24) is 19.7 Å². The van der Waals surface area contributed by atoms with E-state index in [-0.39, 0.29) is 12.6 Å². The first-order chi connectivity index (χ1) is 17.4. The molecule has 0 radical (unpaired) electrons. The first-order valence-electron chi connectivity index (χ1n) is 12.1. The minimum Gasteiger partial charge on any atom is -0.457 e. The van der Waals surface area contributed by atoms with E-state index in [1.165, 1.54) is 0 Å². The van der Waals surface area contributed by atoms with E-state index in [1.54, 1.807) is 16.9 Å². The van der Waals surface area contributed by atoms with E-state index in [9.17, 15) is 9.90 Å². The third-order valence-electron chi connectivity index (χ3n) is 7.03. The number of nitriles is 1. The van der Waals surface area contributed by atoms with Gasteiger partial charge in [0.15, 0.2) is 5.82 Å². The maximum absolute atomic E-state index is 11.9. The van der Waals surface area contributed by atoms with Crippen LogP contribution in [0.15, 0.2) is 36.8 Å². The van der Waals surface area contributed by atoms with Crippen molar-refractivity contribution < 1.29 is 19.4 Å². The zero-order valence-electron chi connectivity index (χ0n) is 20.5. The van der Waals surface area contributed by atoms with Crippen LogP contribution < -0.4 is 0 Å². The van der Waals surface area contributed by atoms with Gasteiger partial charge in [0.1, 0.15) is 12.7 Å². The minimum atomic E-state index is -0.716. The predicted molar refractivity (Wildman–Crippen MR) is 130 cm³/mol. The molecule has 1 aromatic carbocycles. The number of cyclic esters (lactones) is 1. The summed E-state index contributed by atoms with van der Waals surface area (Å²) in [6, 6.07) is 7.56. The summed E-state index contributed by atoms with van der Waals surface area (Å²) in [4.78, 5) is 18.5. The van der Waals surface area contributed by atoms with Crippen molar-refractivity contribution in [1.29, 1.82) is 5.26 Å². The number of aliphatic hydroxyl groups is 1. The summed E-state index contributed by atoms with van der Waals surface area (Å²) in [6.45, 7) is 7.39. The van der Waals surface area contributed by atoms with Gasteiger partial charge in [-0.15, -0.1) is 0 Å². The lowest BCUT2D eigenvalue weighted by molar-refractivity contribution is 0.0535. The van der Waals surface area contributed by atoms with E-state index in [4.69, 9.17) is 14.7 Å². The molecule has 186 valence electrons. The molecule has 2 atom stereocenters. The molecule has 5 rings (SSSR count). The molecule has 1 saturated heterocycles. The molecule has 1 fully saturated rings. The second-order valence-electron chi connectivity index (χ2n) is 9.58. The van der Waals surface area contributed by atoms with E-state index in [2.05, 4.69) is 21.1 Å². The first-order valence-corrected chi connectivity index (χ1v) is 12.1. The number of benzene rings is 1. The summed E-state index contributed by atoms with van der Waals surface area (Å²) in [5.74, 6) is 0.752. The topological polar surface area (TPSA) is 114 Å². The number of aryl methyl sites for hydroxylation is 1. The second kappa shape index (κ2) is 10.2. The summed E-state index contributed by atoms with van der Waals surface area (Å²) in [5, 5.41) is 24.9. The highest BCUT2D eigenvalue weighted by Crippen LogP contribution is 2.30. The van der Waals surface area contributed by atoms with Crippen molar-refractivity contribution in [2.75, 3.05) is 26.3 Å². The van der Waals surface area contributed by atoms with Crippen LogP contribution in [0, 0.1) is 31.1 Å². The number of hydrogen-bond donors (Lipinski definition) is 1. The Morgan fingerprint density at radius 2 is 2.19 bits per heavy atom. The summed E-state index contributed by atoms with van der Waals surface area (Å²) < 4.78 is 12.5. The molecule has 2 aromatic heterocycles. The molecule has 0 bridgehead atoms. The number of aliphatic hydroxyl groups excluding tert-OH is 1. The second-order valence-corrected chi connectivity index (χ2v) is 9.58. The number of carbonyl (C=O) groups excluding carboxylic acids is 1. The van der Waals surface area contributed by atoms with Gasteiger partial charge in [0.2, 0.25) is 0 Å². The lowest BCUT2D eigenvalue weighted by Crippen LogP contribution is -2.33. The fourth-order valence-corrected chi connectivity index (χ4v) is 4.98. The molecular formula is C27H29N5O4. The first kappa shape index (κ1) is 24.1. The van der Waals surface area contributed by atoms with Gasteiger partial charge in [-0.25, -0.2) is 14.5 Å². The number of ether oxygens (including phenoxy) is 2. The van der Waals surface area contributed by atoms with E-state index in [0.29, 0.717) is 36.0 Å². The standard InChI is InChI=1S/C27H29N5O4/c1-17-7-26(29-10-21(17)8-28)32-13-20(9-30-32)12-31(11-19-5-6-35-15-19)14-25(33)22-3-4-23-24(18(22)2)16-36-27(23)34/h3-4,7,9-10,13,19,25,33H,5-6,11-12,14-16H2,1-2H3/t19?,25-/m0/s1. The molecule has 2 aliphatic heterocycles. The van der Waals surface area contributed by atoms with Crippen molar-refractivity contribution in [2.24, 2.45) is 5.92 Å². The van der Waals surface area contributed by atoms with E-state index in [0.717, 1.165) is 54.0 Å². The van der Waals surface area contributed by atoms with Crippen LogP contribution in [0.25, 0.3) is 5.82 Å². The normalized spacial score (nSPS) is 17.8. The van der Waals surface area contributed by atoms with Gasteiger partial charge in [0.25, 0.3) is 0 Å². The van der Waals surface area contributed by atoms with Crippen LogP contribution in [0.3, 0.4) is 0 Å². The average Bonchev–Trinajstić information content (AvgIpc) is 3.62. The number of aromatic nitrogens is 3. The molecule has 0 spiro atoms. The highest BCUT2D eigenvalue weighted by Gasteiger charge is 2.27. The molecule has 0 amide bonds. The Labute approximate surface area is 209 Å².